The van der Waals surface area contributed by atoms with Crippen molar-refractivity contribution in [2.45, 2.75) is 24.0 Å². The van der Waals surface area contributed by atoms with Crippen LogP contribution < -0.4 is 5.73 Å². The van der Waals surface area contributed by atoms with Crippen molar-refractivity contribution in [1.29, 1.82) is 0 Å². The number of benzene rings is 2. The number of hydrogen-bond donors (Lipinski definition) is 1. The average Bonchev–Trinajstić information content (AvgIpc) is 2.29. The van der Waals surface area contributed by atoms with Crippen LogP contribution in [0.2, 0.25) is 0 Å². The van der Waals surface area contributed by atoms with Crippen molar-refractivity contribution in [3.05, 3.63) is 59.7 Å². The van der Waals surface area contributed by atoms with E-state index in [-0.39, 0.29) is 0 Å². The van der Waals surface area contributed by atoms with Crippen LogP contribution in [0, 0.1) is 6.92 Å². The highest BCUT2D eigenvalue weighted by atomic mass is 32.2. The zero-order valence-corrected chi connectivity index (χ0v) is 11.0. The number of hydrogen-bond acceptors (Lipinski definition) is 2. The molecule has 2 aromatic rings. The molecule has 0 aliphatic carbocycles. The second kappa shape index (κ2) is 5.28. The molecule has 1 nitrogen and oxygen atoms in total. The minimum atomic E-state index is 0.417. The molecule has 17 heavy (non-hydrogen) atoms. The molecule has 0 saturated heterocycles. The number of rotatable bonds is 3. The lowest BCUT2D eigenvalue weighted by Crippen LogP contribution is -1.91. The summed E-state index contributed by atoms with van der Waals surface area (Å²) >= 11 is 1.86. The van der Waals surface area contributed by atoms with Gasteiger partial charge in [0, 0.05) is 15.8 Å². The number of nitrogen functional groups attached to an aromatic ring is 1. The Hall–Kier alpha value is -1.41. The van der Waals surface area contributed by atoms with Gasteiger partial charge in [0.1, 0.15) is 0 Å². The lowest BCUT2D eigenvalue weighted by atomic mass is 10.1. The zero-order valence-electron chi connectivity index (χ0n) is 10.2. The van der Waals surface area contributed by atoms with Gasteiger partial charge >= 0.3 is 0 Å². The molecule has 0 aliphatic heterocycles. The first kappa shape index (κ1) is 12.1. The topological polar surface area (TPSA) is 26.0 Å². The molecular formula is C15H17NS. The first-order valence-corrected chi connectivity index (χ1v) is 6.62. The van der Waals surface area contributed by atoms with Crippen LogP contribution >= 0.6 is 11.8 Å². The standard InChI is InChI=1S/C15H17NS/c1-11-5-3-8-15(9-11)17-12(2)13-6-4-7-14(16)10-13/h3-10,12H,16H2,1-2H3. The van der Waals surface area contributed by atoms with Crippen LogP contribution in [0.5, 0.6) is 0 Å². The predicted octanol–water partition coefficient (Wildman–Crippen LogP) is 4.43. The SMILES string of the molecule is Cc1cccc(SC(C)c2cccc(N)c2)c1. The first-order chi connectivity index (χ1) is 8.15. The third kappa shape index (κ3) is 3.27. The van der Waals surface area contributed by atoms with Gasteiger partial charge in [-0.25, -0.2) is 0 Å². The summed E-state index contributed by atoms with van der Waals surface area (Å²) in [4.78, 5) is 1.31. The Morgan fingerprint density at radius 2 is 1.82 bits per heavy atom. The van der Waals surface area contributed by atoms with E-state index in [9.17, 15) is 0 Å². The lowest BCUT2D eigenvalue weighted by molar-refractivity contribution is 1.10. The van der Waals surface area contributed by atoms with Gasteiger partial charge in [0.2, 0.25) is 0 Å². The van der Waals surface area contributed by atoms with Crippen LogP contribution in [0.3, 0.4) is 0 Å². The van der Waals surface area contributed by atoms with Crippen molar-refractivity contribution in [3.8, 4) is 0 Å². The van der Waals surface area contributed by atoms with Crippen LogP contribution in [0.1, 0.15) is 23.3 Å². The summed E-state index contributed by atoms with van der Waals surface area (Å²) in [7, 11) is 0. The Morgan fingerprint density at radius 3 is 2.53 bits per heavy atom. The second-order valence-electron chi connectivity index (χ2n) is 4.25. The number of nitrogens with two attached hydrogens (primary N) is 1. The highest BCUT2D eigenvalue weighted by molar-refractivity contribution is 7.99. The van der Waals surface area contributed by atoms with Gasteiger partial charge < -0.3 is 5.73 Å². The predicted molar refractivity (Wildman–Crippen MR) is 76.3 cm³/mol. The van der Waals surface area contributed by atoms with Crippen molar-refractivity contribution in [2.75, 3.05) is 5.73 Å². The molecule has 0 saturated carbocycles. The van der Waals surface area contributed by atoms with Gasteiger partial charge in [0.05, 0.1) is 0 Å². The van der Waals surface area contributed by atoms with Crippen molar-refractivity contribution < 1.29 is 0 Å². The van der Waals surface area contributed by atoms with Gasteiger partial charge in [-0.3, -0.25) is 0 Å². The third-order valence-electron chi connectivity index (χ3n) is 2.68. The van der Waals surface area contributed by atoms with E-state index in [4.69, 9.17) is 5.73 Å². The maximum absolute atomic E-state index is 5.80. The lowest BCUT2D eigenvalue weighted by Gasteiger charge is -2.12. The number of anilines is 1. The molecule has 0 heterocycles. The Morgan fingerprint density at radius 1 is 1.06 bits per heavy atom. The molecule has 0 aliphatic rings. The van der Waals surface area contributed by atoms with Crippen molar-refractivity contribution in [2.24, 2.45) is 0 Å². The summed E-state index contributed by atoms with van der Waals surface area (Å²) in [5.74, 6) is 0. The number of thioether (sulfide) groups is 1. The van der Waals surface area contributed by atoms with Gasteiger partial charge in [0.25, 0.3) is 0 Å². The summed E-state index contributed by atoms with van der Waals surface area (Å²) in [5.41, 5.74) is 9.21. The van der Waals surface area contributed by atoms with Gasteiger partial charge in [-0.1, -0.05) is 29.8 Å². The minimum absolute atomic E-state index is 0.417. The van der Waals surface area contributed by atoms with E-state index in [2.05, 4.69) is 44.2 Å². The fourth-order valence-corrected chi connectivity index (χ4v) is 2.87. The van der Waals surface area contributed by atoms with Crippen LogP contribution in [-0.2, 0) is 0 Å². The molecular weight excluding hydrogens is 226 g/mol. The third-order valence-corrected chi connectivity index (χ3v) is 3.83. The largest absolute Gasteiger partial charge is 0.399 e. The molecule has 0 radical (unpaired) electrons. The van der Waals surface area contributed by atoms with Gasteiger partial charge in [-0.2, -0.15) is 0 Å². The molecule has 0 spiro atoms. The summed E-state index contributed by atoms with van der Waals surface area (Å²) in [6.07, 6.45) is 0. The Bertz CT molecular complexity index is 508. The molecule has 2 heteroatoms. The molecule has 88 valence electrons. The fraction of sp³-hybridized carbons (Fsp3) is 0.200. The van der Waals surface area contributed by atoms with E-state index in [1.165, 1.54) is 16.0 Å². The Labute approximate surface area is 107 Å². The van der Waals surface area contributed by atoms with Gasteiger partial charge in [-0.05, 0) is 43.7 Å². The van der Waals surface area contributed by atoms with E-state index < -0.39 is 0 Å². The number of aryl methyl sites for hydroxylation is 1. The van der Waals surface area contributed by atoms with E-state index in [1.54, 1.807) is 0 Å². The summed E-state index contributed by atoms with van der Waals surface area (Å²) in [5, 5.41) is 0.417. The first-order valence-electron chi connectivity index (χ1n) is 5.74. The highest BCUT2D eigenvalue weighted by Gasteiger charge is 2.07. The molecule has 0 aromatic heterocycles. The summed E-state index contributed by atoms with van der Waals surface area (Å²) in [6.45, 7) is 4.33. The van der Waals surface area contributed by atoms with Crippen LogP contribution in [-0.4, -0.2) is 0 Å². The molecule has 0 fully saturated rings. The molecule has 2 N–H and O–H groups in total. The monoisotopic (exact) mass is 243 g/mol. The van der Waals surface area contributed by atoms with Gasteiger partial charge in [0.15, 0.2) is 0 Å². The fourth-order valence-electron chi connectivity index (χ4n) is 1.77. The maximum Gasteiger partial charge on any atom is 0.0317 e. The molecule has 2 aromatic carbocycles. The van der Waals surface area contributed by atoms with Crippen LogP contribution in [0.25, 0.3) is 0 Å². The van der Waals surface area contributed by atoms with Crippen molar-refractivity contribution in [1.82, 2.24) is 0 Å². The summed E-state index contributed by atoms with van der Waals surface area (Å²) in [6, 6.07) is 16.7. The highest BCUT2D eigenvalue weighted by Crippen LogP contribution is 2.35. The van der Waals surface area contributed by atoms with E-state index >= 15 is 0 Å². The Balaban J connectivity index is 2.14. The van der Waals surface area contributed by atoms with Crippen molar-refractivity contribution in [3.63, 3.8) is 0 Å². The smallest absolute Gasteiger partial charge is 0.0317 e. The van der Waals surface area contributed by atoms with Gasteiger partial charge in [-0.15, -0.1) is 11.8 Å². The quantitative estimate of drug-likeness (QED) is 0.637. The van der Waals surface area contributed by atoms with E-state index in [1.807, 2.05) is 30.0 Å². The molecule has 1 unspecified atom stereocenters. The second-order valence-corrected chi connectivity index (χ2v) is 5.66. The molecule has 0 amide bonds. The normalized spacial score (nSPS) is 12.4. The zero-order chi connectivity index (χ0) is 12.3. The minimum Gasteiger partial charge on any atom is -0.399 e. The Kier molecular flexibility index (Phi) is 3.75. The average molecular weight is 243 g/mol. The summed E-state index contributed by atoms with van der Waals surface area (Å²) < 4.78 is 0. The van der Waals surface area contributed by atoms with Crippen LogP contribution in [0.4, 0.5) is 5.69 Å². The molecule has 1 atom stereocenters. The van der Waals surface area contributed by atoms with Crippen LogP contribution in [0.15, 0.2) is 53.4 Å². The van der Waals surface area contributed by atoms with E-state index in [0.717, 1.165) is 5.69 Å². The molecule has 2 rings (SSSR count). The van der Waals surface area contributed by atoms with Crippen molar-refractivity contribution >= 4 is 17.4 Å². The molecule has 0 bridgehead atoms. The van der Waals surface area contributed by atoms with E-state index in [0.29, 0.717) is 5.25 Å². The maximum atomic E-state index is 5.80.